The fourth-order valence-corrected chi connectivity index (χ4v) is 5.32. The standard InChI is InChI=1S/C31H31N5O7/c1-20-18-36(29(39)33-28(20)38)27-17-26(37)30(43-27,34-35-32)19-42-31(21-7-5-4-6-8-21,22-9-13-24(40-2)14-10-22)23-11-15-25(41-3)16-12-23/h4-16,18,26-27,37H,17,19H2,1-3H3,(H,33,38,39)/t26-,27+,30+/m0/s1. The first-order valence-electron chi connectivity index (χ1n) is 13.5. The second-order valence-corrected chi connectivity index (χ2v) is 10.1. The molecule has 222 valence electrons. The van der Waals surface area contributed by atoms with Gasteiger partial charge in [0.05, 0.1) is 26.9 Å². The van der Waals surface area contributed by atoms with Crippen LogP contribution in [0.4, 0.5) is 0 Å². The molecule has 1 saturated heterocycles. The maximum Gasteiger partial charge on any atom is 0.330 e. The number of aryl methyl sites for hydroxylation is 1. The first-order valence-corrected chi connectivity index (χ1v) is 13.5. The van der Waals surface area contributed by atoms with E-state index in [-0.39, 0.29) is 12.0 Å². The Kier molecular flexibility index (Phi) is 8.38. The number of hydrogen-bond acceptors (Lipinski definition) is 8. The van der Waals surface area contributed by atoms with E-state index in [0.717, 1.165) is 21.3 Å². The normalized spacial score (nSPS) is 19.9. The Hall–Kier alpha value is -4.87. The first kappa shape index (κ1) is 29.6. The number of benzene rings is 3. The molecule has 0 radical (unpaired) electrons. The van der Waals surface area contributed by atoms with Crippen LogP contribution in [0.25, 0.3) is 10.4 Å². The third-order valence-electron chi connectivity index (χ3n) is 7.62. The van der Waals surface area contributed by atoms with Crippen molar-refractivity contribution >= 4 is 0 Å². The fraction of sp³-hybridized carbons (Fsp3) is 0.290. The topological polar surface area (TPSA) is 161 Å². The number of hydrogen-bond donors (Lipinski definition) is 2. The van der Waals surface area contributed by atoms with E-state index in [2.05, 4.69) is 15.0 Å². The monoisotopic (exact) mass is 585 g/mol. The number of nitrogens with one attached hydrogen (secondary N) is 1. The van der Waals surface area contributed by atoms with E-state index in [1.54, 1.807) is 21.1 Å². The van der Waals surface area contributed by atoms with E-state index in [1.165, 1.54) is 6.20 Å². The van der Waals surface area contributed by atoms with Gasteiger partial charge in [-0.25, -0.2) is 4.79 Å². The first-order chi connectivity index (χ1) is 20.8. The summed E-state index contributed by atoms with van der Waals surface area (Å²) in [6.45, 7) is 1.14. The quantitative estimate of drug-likeness (QED) is 0.122. The molecule has 0 unspecified atom stereocenters. The number of rotatable bonds is 10. The Balaban J connectivity index is 1.63. The number of aliphatic hydroxyl groups excluding tert-OH is 1. The molecule has 1 aliphatic rings. The predicted octanol–water partition coefficient (Wildman–Crippen LogP) is 4.16. The van der Waals surface area contributed by atoms with Gasteiger partial charge in [-0.2, -0.15) is 0 Å². The van der Waals surface area contributed by atoms with E-state index in [4.69, 9.17) is 18.9 Å². The van der Waals surface area contributed by atoms with Gasteiger partial charge in [0.1, 0.15) is 23.3 Å². The van der Waals surface area contributed by atoms with Gasteiger partial charge in [0.15, 0.2) is 5.72 Å². The van der Waals surface area contributed by atoms with Gasteiger partial charge in [-0.05, 0) is 53.4 Å². The number of azide groups is 1. The predicted molar refractivity (Wildman–Crippen MR) is 157 cm³/mol. The lowest BCUT2D eigenvalue weighted by atomic mass is 9.80. The summed E-state index contributed by atoms with van der Waals surface area (Å²) in [7, 11) is 3.15. The van der Waals surface area contributed by atoms with E-state index < -0.39 is 41.5 Å². The van der Waals surface area contributed by atoms with E-state index in [1.807, 2.05) is 78.9 Å². The zero-order valence-electron chi connectivity index (χ0n) is 23.8. The average molecular weight is 586 g/mol. The minimum Gasteiger partial charge on any atom is -0.497 e. The number of methoxy groups -OCH3 is 2. The van der Waals surface area contributed by atoms with Crippen LogP contribution in [0.3, 0.4) is 0 Å². The highest BCUT2D eigenvalue weighted by Crippen LogP contribution is 2.45. The zero-order valence-corrected chi connectivity index (χ0v) is 23.8. The van der Waals surface area contributed by atoms with Crippen molar-refractivity contribution in [3.63, 3.8) is 0 Å². The zero-order chi connectivity index (χ0) is 30.6. The summed E-state index contributed by atoms with van der Waals surface area (Å²) in [4.78, 5) is 29.8. The molecule has 2 heterocycles. The van der Waals surface area contributed by atoms with Crippen LogP contribution in [0.5, 0.6) is 11.5 Å². The van der Waals surface area contributed by atoms with Gasteiger partial charge < -0.3 is 24.1 Å². The van der Waals surface area contributed by atoms with E-state index >= 15 is 0 Å². The highest BCUT2D eigenvalue weighted by molar-refractivity contribution is 5.49. The summed E-state index contributed by atoms with van der Waals surface area (Å²) in [6, 6.07) is 24.2. The van der Waals surface area contributed by atoms with Crippen LogP contribution in [0.1, 0.15) is 34.9 Å². The number of ether oxygens (including phenoxy) is 4. The largest absolute Gasteiger partial charge is 0.497 e. The number of aliphatic hydroxyl groups is 1. The van der Waals surface area contributed by atoms with E-state index in [9.17, 15) is 20.2 Å². The molecule has 1 aromatic heterocycles. The molecule has 1 fully saturated rings. The smallest absolute Gasteiger partial charge is 0.330 e. The van der Waals surface area contributed by atoms with Gasteiger partial charge in [-0.1, -0.05) is 59.7 Å². The van der Waals surface area contributed by atoms with Crippen LogP contribution in [0.15, 0.2) is 99.8 Å². The van der Waals surface area contributed by atoms with Crippen molar-refractivity contribution in [1.82, 2.24) is 9.55 Å². The maximum atomic E-state index is 12.6. The van der Waals surface area contributed by atoms with Crippen molar-refractivity contribution in [3.05, 3.63) is 139 Å². The van der Waals surface area contributed by atoms with Crippen molar-refractivity contribution in [2.45, 2.75) is 37.0 Å². The van der Waals surface area contributed by atoms with Crippen LogP contribution in [0, 0.1) is 6.92 Å². The van der Waals surface area contributed by atoms with Crippen LogP contribution < -0.4 is 20.7 Å². The summed E-state index contributed by atoms with van der Waals surface area (Å²) in [5, 5.41) is 15.1. The second kappa shape index (κ2) is 12.2. The molecule has 3 aromatic carbocycles. The van der Waals surface area contributed by atoms with Gasteiger partial charge in [-0.3, -0.25) is 14.3 Å². The number of aromatic nitrogens is 2. The number of nitrogens with zero attached hydrogens (tertiary/aromatic N) is 4. The second-order valence-electron chi connectivity index (χ2n) is 10.1. The molecular formula is C31H31N5O7. The van der Waals surface area contributed by atoms with Gasteiger partial charge in [0.25, 0.3) is 5.56 Å². The SMILES string of the molecule is COc1ccc(C(OC[C@@]2(N=[N+]=[N-])O[C@@H](n3cc(C)c(=O)[nH]c3=O)C[C@@H]2O)(c2ccccc2)c2ccc(OC)cc2)cc1. The minimum absolute atomic E-state index is 0.100. The molecule has 12 nitrogen and oxygen atoms in total. The molecule has 5 rings (SSSR count). The lowest BCUT2D eigenvalue weighted by Crippen LogP contribution is -2.46. The Morgan fingerprint density at radius 1 is 1.00 bits per heavy atom. The molecule has 4 aromatic rings. The Labute approximate surface area is 246 Å². The summed E-state index contributed by atoms with van der Waals surface area (Å²) in [6.07, 6.45) is -1.15. The van der Waals surface area contributed by atoms with Crippen LogP contribution in [-0.2, 0) is 15.1 Å². The third-order valence-corrected chi connectivity index (χ3v) is 7.62. The molecular weight excluding hydrogens is 554 g/mol. The lowest BCUT2D eigenvalue weighted by Gasteiger charge is -2.39. The number of H-pyrrole nitrogens is 1. The summed E-state index contributed by atoms with van der Waals surface area (Å²) in [5.74, 6) is 1.29. The molecule has 0 bridgehead atoms. The van der Waals surface area contributed by atoms with Crippen molar-refractivity contribution in [2.24, 2.45) is 5.11 Å². The molecule has 3 atom stereocenters. The van der Waals surface area contributed by atoms with Crippen LogP contribution in [-0.4, -0.2) is 47.3 Å². The summed E-state index contributed by atoms with van der Waals surface area (Å²) in [5.41, 5.74) is 7.57. The van der Waals surface area contributed by atoms with Crippen LogP contribution in [0.2, 0.25) is 0 Å². The van der Waals surface area contributed by atoms with Crippen molar-refractivity contribution in [2.75, 3.05) is 20.8 Å². The molecule has 2 N–H and O–H groups in total. The molecule has 1 aliphatic heterocycles. The average Bonchev–Trinajstić information content (AvgIpc) is 3.35. The highest BCUT2D eigenvalue weighted by atomic mass is 16.6. The fourth-order valence-electron chi connectivity index (χ4n) is 5.32. The maximum absolute atomic E-state index is 12.6. The van der Waals surface area contributed by atoms with Crippen molar-refractivity contribution in [1.29, 1.82) is 0 Å². The Bertz CT molecular complexity index is 1680. The van der Waals surface area contributed by atoms with Gasteiger partial charge in [0.2, 0.25) is 0 Å². The molecule has 43 heavy (non-hydrogen) atoms. The molecule has 0 saturated carbocycles. The Morgan fingerprint density at radius 3 is 2.09 bits per heavy atom. The Morgan fingerprint density at radius 2 is 1.56 bits per heavy atom. The van der Waals surface area contributed by atoms with Gasteiger partial charge in [0, 0.05) is 23.1 Å². The molecule has 12 heteroatoms. The molecule has 0 aliphatic carbocycles. The van der Waals surface area contributed by atoms with Crippen molar-refractivity contribution in [3.8, 4) is 11.5 Å². The lowest BCUT2D eigenvalue weighted by molar-refractivity contribution is -0.157. The number of aromatic amines is 1. The minimum atomic E-state index is -1.91. The summed E-state index contributed by atoms with van der Waals surface area (Å²) < 4.78 is 24.9. The highest BCUT2D eigenvalue weighted by Gasteiger charge is 2.51. The van der Waals surface area contributed by atoms with Crippen LogP contribution >= 0.6 is 0 Å². The van der Waals surface area contributed by atoms with Gasteiger partial charge in [-0.15, -0.1) is 0 Å². The summed E-state index contributed by atoms with van der Waals surface area (Å²) >= 11 is 0. The molecule has 0 spiro atoms. The van der Waals surface area contributed by atoms with Gasteiger partial charge >= 0.3 is 5.69 Å². The third kappa shape index (κ3) is 5.52. The molecule has 0 amide bonds. The van der Waals surface area contributed by atoms with E-state index in [0.29, 0.717) is 11.5 Å². The van der Waals surface area contributed by atoms with Crippen molar-refractivity contribution < 1.29 is 24.1 Å².